The lowest BCUT2D eigenvalue weighted by atomic mass is 9.52. The van der Waals surface area contributed by atoms with Gasteiger partial charge in [0.25, 0.3) is 11.8 Å². The van der Waals surface area contributed by atoms with Crippen LogP contribution in [0.5, 0.6) is 0 Å². The van der Waals surface area contributed by atoms with E-state index < -0.39 is 5.60 Å². The summed E-state index contributed by atoms with van der Waals surface area (Å²) >= 11 is 3.42. The molecule has 2 heterocycles. The van der Waals surface area contributed by atoms with Crippen LogP contribution in [0.3, 0.4) is 0 Å². The SMILES string of the molecule is C[C@@H]1CN(C(=O)c2ccc(Br)cc2)CCN1c1cccc(C(=O)N[C@H]2C3CC4CC2C[C@](O)(C4)C3)n1. The molecule has 2 N–H and O–H groups in total. The molecule has 2 unspecified atom stereocenters. The number of benzene rings is 1. The number of carbonyl (C=O) groups excluding carboxylic acids is 2. The van der Waals surface area contributed by atoms with Gasteiger partial charge in [0, 0.05) is 41.8 Å². The van der Waals surface area contributed by atoms with E-state index in [9.17, 15) is 14.7 Å². The van der Waals surface area contributed by atoms with Gasteiger partial charge in [-0.05, 0) is 93.2 Å². The number of piperazine rings is 1. The highest BCUT2D eigenvalue weighted by Gasteiger charge is 2.55. The molecule has 7 nitrogen and oxygen atoms in total. The molecule has 8 heteroatoms. The van der Waals surface area contributed by atoms with Gasteiger partial charge < -0.3 is 20.2 Å². The Labute approximate surface area is 220 Å². The molecule has 3 atom stereocenters. The zero-order chi connectivity index (χ0) is 25.0. The number of rotatable bonds is 4. The maximum absolute atomic E-state index is 13.2. The van der Waals surface area contributed by atoms with Crippen molar-refractivity contribution in [3.05, 3.63) is 58.2 Å². The molecule has 4 bridgehead atoms. The highest BCUT2D eigenvalue weighted by Crippen LogP contribution is 2.55. The number of pyridine rings is 1. The quantitative estimate of drug-likeness (QED) is 0.601. The van der Waals surface area contributed by atoms with Crippen LogP contribution in [0.2, 0.25) is 0 Å². The van der Waals surface area contributed by atoms with Crippen molar-refractivity contribution in [3.8, 4) is 0 Å². The molecule has 0 spiro atoms. The number of nitrogens with one attached hydrogen (secondary N) is 1. The number of hydrogen-bond acceptors (Lipinski definition) is 5. The average Bonchev–Trinajstić information content (AvgIpc) is 2.85. The summed E-state index contributed by atoms with van der Waals surface area (Å²) in [5.41, 5.74) is 0.612. The molecule has 4 saturated carbocycles. The third kappa shape index (κ3) is 4.43. The van der Waals surface area contributed by atoms with Crippen molar-refractivity contribution >= 4 is 33.6 Å². The van der Waals surface area contributed by atoms with E-state index in [-0.39, 0.29) is 23.9 Å². The minimum Gasteiger partial charge on any atom is -0.390 e. The highest BCUT2D eigenvalue weighted by molar-refractivity contribution is 9.10. The van der Waals surface area contributed by atoms with Crippen LogP contribution in [0, 0.1) is 17.8 Å². The van der Waals surface area contributed by atoms with Gasteiger partial charge in [-0.2, -0.15) is 0 Å². The van der Waals surface area contributed by atoms with E-state index in [0.29, 0.717) is 48.6 Å². The van der Waals surface area contributed by atoms with Crippen LogP contribution in [0.15, 0.2) is 46.9 Å². The van der Waals surface area contributed by atoms with Crippen molar-refractivity contribution < 1.29 is 14.7 Å². The van der Waals surface area contributed by atoms with Crippen molar-refractivity contribution in [1.82, 2.24) is 15.2 Å². The van der Waals surface area contributed by atoms with E-state index in [0.717, 1.165) is 42.4 Å². The second kappa shape index (κ2) is 9.14. The van der Waals surface area contributed by atoms with Gasteiger partial charge in [-0.3, -0.25) is 9.59 Å². The Kier molecular flexibility index (Phi) is 6.07. The summed E-state index contributed by atoms with van der Waals surface area (Å²) in [6.07, 6.45) is 4.76. The smallest absolute Gasteiger partial charge is 0.270 e. The Morgan fingerprint density at radius 3 is 2.44 bits per heavy atom. The van der Waals surface area contributed by atoms with Crippen molar-refractivity contribution in [1.29, 1.82) is 0 Å². The maximum atomic E-state index is 13.2. The van der Waals surface area contributed by atoms with Crippen LogP contribution >= 0.6 is 15.9 Å². The minimum atomic E-state index is -0.507. The molecule has 5 aliphatic rings. The summed E-state index contributed by atoms with van der Waals surface area (Å²) in [5.74, 6) is 2.02. The van der Waals surface area contributed by atoms with Gasteiger partial charge in [-0.25, -0.2) is 4.98 Å². The van der Waals surface area contributed by atoms with Gasteiger partial charge in [0.15, 0.2) is 0 Å². The number of halogens is 1. The molecule has 7 rings (SSSR count). The van der Waals surface area contributed by atoms with Crippen molar-refractivity contribution in [2.24, 2.45) is 17.8 Å². The number of hydrogen-bond donors (Lipinski definition) is 2. The summed E-state index contributed by atoms with van der Waals surface area (Å²) in [6.45, 7) is 3.96. The van der Waals surface area contributed by atoms with Gasteiger partial charge in [0.05, 0.1) is 5.60 Å². The van der Waals surface area contributed by atoms with Crippen LogP contribution in [0.4, 0.5) is 5.82 Å². The number of nitrogens with zero attached hydrogens (tertiary/aromatic N) is 3. The first kappa shape index (κ1) is 23.9. The van der Waals surface area contributed by atoms with Gasteiger partial charge in [0.2, 0.25) is 0 Å². The Balaban J connectivity index is 1.11. The van der Waals surface area contributed by atoms with Crippen LogP contribution in [0.1, 0.15) is 59.9 Å². The molecule has 1 aliphatic heterocycles. The summed E-state index contributed by atoms with van der Waals surface area (Å²) in [7, 11) is 0. The number of aliphatic hydroxyl groups is 1. The molecule has 2 amide bonds. The lowest BCUT2D eigenvalue weighted by Crippen LogP contribution is -2.61. The van der Waals surface area contributed by atoms with Crippen molar-refractivity contribution in [3.63, 3.8) is 0 Å². The monoisotopic (exact) mass is 552 g/mol. The fourth-order valence-corrected chi connectivity index (χ4v) is 7.67. The minimum absolute atomic E-state index is 0.0374. The summed E-state index contributed by atoms with van der Waals surface area (Å²) in [4.78, 5) is 35.0. The van der Waals surface area contributed by atoms with E-state index in [1.165, 1.54) is 0 Å². The topological polar surface area (TPSA) is 85.8 Å². The molecule has 2 aromatic rings. The first-order valence-corrected chi connectivity index (χ1v) is 13.9. The summed E-state index contributed by atoms with van der Waals surface area (Å²) < 4.78 is 0.952. The van der Waals surface area contributed by atoms with E-state index in [4.69, 9.17) is 4.98 Å². The van der Waals surface area contributed by atoms with Crippen molar-refractivity contribution in [2.75, 3.05) is 24.5 Å². The maximum Gasteiger partial charge on any atom is 0.270 e. The number of carbonyl (C=O) groups is 2. The second-order valence-electron chi connectivity index (χ2n) is 11.4. The highest BCUT2D eigenvalue weighted by atomic mass is 79.9. The van der Waals surface area contributed by atoms with Gasteiger partial charge in [-0.1, -0.05) is 22.0 Å². The van der Waals surface area contributed by atoms with Crippen LogP contribution in [0.25, 0.3) is 0 Å². The van der Waals surface area contributed by atoms with Gasteiger partial charge >= 0.3 is 0 Å². The van der Waals surface area contributed by atoms with Crippen LogP contribution in [-0.4, -0.2) is 64.1 Å². The largest absolute Gasteiger partial charge is 0.390 e. The zero-order valence-electron chi connectivity index (χ0n) is 20.6. The van der Waals surface area contributed by atoms with E-state index in [1.807, 2.05) is 41.3 Å². The van der Waals surface area contributed by atoms with E-state index >= 15 is 0 Å². The Hall–Kier alpha value is -2.45. The van der Waals surface area contributed by atoms with Gasteiger partial charge in [0.1, 0.15) is 11.5 Å². The fraction of sp³-hybridized carbons (Fsp3) is 0.536. The predicted molar refractivity (Wildman–Crippen MR) is 141 cm³/mol. The van der Waals surface area contributed by atoms with E-state index in [2.05, 4.69) is 33.1 Å². The Morgan fingerprint density at radius 1 is 1.06 bits per heavy atom. The molecule has 5 fully saturated rings. The molecular formula is C28H33BrN4O3. The lowest BCUT2D eigenvalue weighted by molar-refractivity contribution is -0.136. The molecule has 1 saturated heterocycles. The third-order valence-corrected chi connectivity index (χ3v) is 9.33. The average molecular weight is 554 g/mol. The Bertz CT molecular complexity index is 1160. The standard InChI is InChI=1S/C28H33BrN4O3/c1-17-16-32(27(35)19-5-7-22(29)8-6-19)9-10-33(17)24-4-2-3-23(30-24)26(34)31-25-20-11-18-12-21(25)15-28(36,13-18)14-20/h2-8,17-18,20-21,25,36H,9-16H2,1H3,(H,31,34)/t17-,18?,20?,21?,25-,28-/m1/s1. The summed E-state index contributed by atoms with van der Waals surface area (Å²) in [5, 5.41) is 14.1. The first-order chi connectivity index (χ1) is 17.3. The molecule has 0 radical (unpaired) electrons. The summed E-state index contributed by atoms with van der Waals surface area (Å²) in [6, 6.07) is 13.3. The predicted octanol–water partition coefficient (Wildman–Crippen LogP) is 3.86. The molecule has 1 aromatic carbocycles. The first-order valence-electron chi connectivity index (χ1n) is 13.1. The lowest BCUT2D eigenvalue weighted by Gasteiger charge is -2.58. The molecule has 4 aliphatic carbocycles. The number of aromatic nitrogens is 1. The van der Waals surface area contributed by atoms with Crippen molar-refractivity contribution in [2.45, 2.75) is 56.7 Å². The zero-order valence-corrected chi connectivity index (χ0v) is 22.2. The third-order valence-electron chi connectivity index (χ3n) is 8.81. The van der Waals surface area contributed by atoms with Crippen LogP contribution in [-0.2, 0) is 0 Å². The normalized spacial score (nSPS) is 33.0. The van der Waals surface area contributed by atoms with Crippen LogP contribution < -0.4 is 10.2 Å². The Morgan fingerprint density at radius 2 is 1.78 bits per heavy atom. The molecule has 190 valence electrons. The van der Waals surface area contributed by atoms with E-state index in [1.54, 1.807) is 6.07 Å². The fourth-order valence-electron chi connectivity index (χ4n) is 7.41. The molecular weight excluding hydrogens is 520 g/mol. The second-order valence-corrected chi connectivity index (χ2v) is 12.3. The number of amides is 2. The molecule has 36 heavy (non-hydrogen) atoms. The van der Waals surface area contributed by atoms with Gasteiger partial charge in [-0.15, -0.1) is 0 Å². The number of anilines is 1. The molecule has 1 aromatic heterocycles.